The minimum atomic E-state index is -2.05. The quantitative estimate of drug-likeness (QED) is 0.0617. The molecule has 3 fully saturated rings. The molecule has 0 bridgehead atoms. The molecule has 0 aromatic heterocycles. The molecule has 0 spiro atoms. The van der Waals surface area contributed by atoms with Crippen LogP contribution in [0.2, 0.25) is 0 Å². The molecule has 3 heterocycles. The highest BCUT2D eigenvalue weighted by Gasteiger charge is 2.51. The third-order valence-electron chi connectivity index (χ3n) is 11.4. The lowest BCUT2D eigenvalue weighted by atomic mass is 9.97. The van der Waals surface area contributed by atoms with Crippen LogP contribution < -0.4 is 43.4 Å². The zero-order chi connectivity index (χ0) is 52.6. The number of nitrogens with two attached hydrogens (primary N) is 2. The molecule has 15 atom stereocenters. The zero-order valence-corrected chi connectivity index (χ0v) is 39.9. The van der Waals surface area contributed by atoms with E-state index < -0.39 is 166 Å². The van der Waals surface area contributed by atoms with Crippen LogP contribution in [0.1, 0.15) is 11.1 Å². The van der Waals surface area contributed by atoms with Gasteiger partial charge in [0.15, 0.2) is 12.6 Å². The summed E-state index contributed by atoms with van der Waals surface area (Å²) in [5, 5.41) is 97.1. The molecule has 18 N–H and O–H groups in total. The summed E-state index contributed by atoms with van der Waals surface area (Å²) < 4.78 is 22.2. The molecular weight excluding hydrogens is 997 g/mol. The predicted molar refractivity (Wildman–Crippen MR) is 250 cm³/mol. The van der Waals surface area contributed by atoms with Crippen LogP contribution >= 0.6 is 21.6 Å². The zero-order valence-electron chi connectivity index (χ0n) is 38.3. The summed E-state index contributed by atoms with van der Waals surface area (Å²) >= 11 is 0. The number of carbonyl (C=O) groups is 7. The summed E-state index contributed by atoms with van der Waals surface area (Å²) in [7, 11) is 1.96. The van der Waals surface area contributed by atoms with Gasteiger partial charge in [-0.2, -0.15) is 0 Å². The highest BCUT2D eigenvalue weighted by Crippen LogP contribution is 2.30. The van der Waals surface area contributed by atoms with Crippen molar-refractivity contribution in [3.05, 3.63) is 65.7 Å². The first kappa shape index (κ1) is 57.6. The van der Waals surface area contributed by atoms with Gasteiger partial charge in [-0.15, -0.1) is 0 Å². The fourth-order valence-electron chi connectivity index (χ4n) is 7.36. The number of benzene rings is 2. The third kappa shape index (κ3) is 16.4. The van der Waals surface area contributed by atoms with Crippen molar-refractivity contribution < 1.29 is 93.4 Å². The molecular formula is C43H60N8O19S2. The van der Waals surface area contributed by atoms with E-state index >= 15 is 0 Å². The van der Waals surface area contributed by atoms with E-state index in [2.05, 4.69) is 31.9 Å². The van der Waals surface area contributed by atoms with E-state index in [1.54, 1.807) is 42.5 Å². The van der Waals surface area contributed by atoms with Crippen LogP contribution in [0.3, 0.4) is 0 Å². The smallest absolute Gasteiger partial charge is 0.245 e. The van der Waals surface area contributed by atoms with E-state index in [4.69, 9.17) is 30.4 Å². The number of phenolic OH excluding ortho intramolecular Hbond substituents is 1. The summed E-state index contributed by atoms with van der Waals surface area (Å²) in [6.45, 7) is -3.99. The molecule has 72 heavy (non-hydrogen) atoms. The summed E-state index contributed by atoms with van der Waals surface area (Å²) in [6, 6.07) is 7.38. The Hall–Kier alpha value is -5.25. The SMILES string of the molecule is NC(=O)CNC(=O)[C@H](CO[C@@H]1O[C@H](CO)[C@@H](O[C@@H]2O[C@H](CO)[C@H](O)[C@H](O)[C@H]2O)[C@H](O)[C@H]1O)NC(=O)[C@H]1CSSCC(NC(=O)[C@@H](N)Cc2ccc(O)cc2)C(=O)NCC(=O)N[C@@H](Cc2ccccc2)C(=O)N1. The Morgan fingerprint density at radius 2 is 1.43 bits per heavy atom. The monoisotopic (exact) mass is 1060 g/mol. The number of rotatable bonds is 18. The average molecular weight is 1060 g/mol. The van der Waals surface area contributed by atoms with E-state index in [9.17, 15) is 74.4 Å². The number of aromatic hydroxyl groups is 1. The van der Waals surface area contributed by atoms with Crippen molar-refractivity contribution in [3.8, 4) is 5.75 Å². The largest absolute Gasteiger partial charge is 0.508 e. The van der Waals surface area contributed by atoms with Crippen LogP contribution in [0.15, 0.2) is 54.6 Å². The Morgan fingerprint density at radius 3 is 2.10 bits per heavy atom. The van der Waals surface area contributed by atoms with E-state index in [-0.39, 0.29) is 30.1 Å². The molecule has 3 aliphatic rings. The van der Waals surface area contributed by atoms with Crippen molar-refractivity contribution in [2.45, 2.75) is 104 Å². The lowest BCUT2D eigenvalue weighted by molar-refractivity contribution is -0.359. The molecule has 0 aliphatic carbocycles. The van der Waals surface area contributed by atoms with Gasteiger partial charge in [0.05, 0.1) is 39.0 Å². The van der Waals surface area contributed by atoms with E-state index in [0.29, 0.717) is 11.1 Å². The second kappa shape index (κ2) is 27.7. The van der Waals surface area contributed by atoms with E-state index in [0.717, 1.165) is 21.6 Å². The van der Waals surface area contributed by atoms with Gasteiger partial charge in [0.2, 0.25) is 41.4 Å². The van der Waals surface area contributed by atoms with Crippen molar-refractivity contribution in [1.82, 2.24) is 31.9 Å². The molecule has 29 heteroatoms. The number of primary amides is 1. The first-order valence-corrected chi connectivity index (χ1v) is 24.8. The Kier molecular flexibility index (Phi) is 22.2. The van der Waals surface area contributed by atoms with Crippen LogP contribution in [0.25, 0.3) is 0 Å². The molecule has 7 amide bonds. The summed E-state index contributed by atoms with van der Waals surface area (Å²) in [4.78, 5) is 93.4. The van der Waals surface area contributed by atoms with Gasteiger partial charge in [-0.25, -0.2) is 0 Å². The van der Waals surface area contributed by atoms with Gasteiger partial charge in [-0.3, -0.25) is 33.6 Å². The number of carbonyl (C=O) groups excluding carboxylic acids is 7. The molecule has 27 nitrogen and oxygen atoms in total. The number of aliphatic hydroxyl groups excluding tert-OH is 7. The minimum absolute atomic E-state index is 0.00444. The topological polar surface area (TPSA) is 442 Å². The molecule has 0 saturated carbocycles. The Balaban J connectivity index is 1.33. The maximum atomic E-state index is 14.2. The fraction of sp³-hybridized carbons (Fsp3) is 0.558. The number of phenols is 1. The van der Waals surface area contributed by atoms with Gasteiger partial charge in [-0.1, -0.05) is 64.1 Å². The third-order valence-corrected chi connectivity index (χ3v) is 13.8. The molecule has 398 valence electrons. The van der Waals surface area contributed by atoms with Crippen molar-refractivity contribution >= 4 is 62.9 Å². The number of amides is 7. The van der Waals surface area contributed by atoms with Crippen molar-refractivity contribution in [2.24, 2.45) is 11.5 Å². The lowest BCUT2D eigenvalue weighted by Gasteiger charge is -2.46. The maximum absolute atomic E-state index is 14.2. The second-order valence-electron chi connectivity index (χ2n) is 16.8. The van der Waals surface area contributed by atoms with Crippen LogP contribution in [0.4, 0.5) is 0 Å². The van der Waals surface area contributed by atoms with Crippen LogP contribution in [0, 0.1) is 0 Å². The normalized spacial score (nSPS) is 30.5. The predicted octanol–water partition coefficient (Wildman–Crippen LogP) is -7.80. The Labute approximate surface area is 418 Å². The van der Waals surface area contributed by atoms with Crippen molar-refractivity contribution in [2.75, 3.05) is 44.4 Å². The molecule has 2 aromatic rings. The number of aliphatic hydroxyl groups is 7. The summed E-state index contributed by atoms with van der Waals surface area (Å²) in [5.74, 6) is -6.69. The van der Waals surface area contributed by atoms with Gasteiger partial charge >= 0.3 is 0 Å². The molecule has 5 rings (SSSR count). The minimum Gasteiger partial charge on any atom is -0.508 e. The second-order valence-corrected chi connectivity index (χ2v) is 19.3. The highest BCUT2D eigenvalue weighted by atomic mass is 33.1. The molecule has 2 aromatic carbocycles. The van der Waals surface area contributed by atoms with Crippen molar-refractivity contribution in [3.63, 3.8) is 0 Å². The van der Waals surface area contributed by atoms with Gasteiger partial charge in [0.1, 0.15) is 78.7 Å². The Bertz CT molecular complexity index is 2150. The van der Waals surface area contributed by atoms with Gasteiger partial charge in [-0.05, 0) is 29.7 Å². The lowest BCUT2D eigenvalue weighted by Crippen LogP contribution is -2.65. The van der Waals surface area contributed by atoms with Gasteiger partial charge < -0.3 is 103 Å². The molecule has 3 saturated heterocycles. The number of hydrogen-bond acceptors (Lipinski definition) is 22. The number of hydrogen-bond donors (Lipinski definition) is 16. The van der Waals surface area contributed by atoms with Crippen LogP contribution in [0.5, 0.6) is 5.75 Å². The standard InChI is InChI=1S/C43H60N8O19S2/c44-22(10-20-6-8-21(54)9-7-20)37(62)50-25-17-71-72-18-26(51-40(65)23(11-19-4-2-1-3-5-19)48-30(56)13-47-39(25)64)41(66)49-24(38(63)46-12-29(45)55)16-67-42-35(61)33(59)36(28(15-53)69-42)70-43-34(60)32(58)31(57)27(14-52)68-43/h1-9,22-28,31-36,42-43,52-54,57-61H,10-18,44H2,(H2,45,55)(H,46,63)(H,47,64)(H,48,56)(H,49,66)(H,50,62)(H,51,65)/t22-,23-,24-,25?,26+,27+,28+,31-,32-,33+,34+,35+,36+,42+,43-/m0/s1. The van der Waals surface area contributed by atoms with Crippen LogP contribution in [-0.4, -0.2) is 218 Å². The molecule has 1 unspecified atom stereocenters. The first-order chi connectivity index (χ1) is 34.3. The average Bonchev–Trinajstić information content (AvgIpc) is 3.36. The Morgan fingerprint density at radius 1 is 0.778 bits per heavy atom. The van der Waals surface area contributed by atoms with E-state index in [1.165, 1.54) is 12.1 Å². The summed E-state index contributed by atoms with van der Waals surface area (Å²) in [6.07, 6.45) is -18.1. The molecule has 0 radical (unpaired) electrons. The fourth-order valence-corrected chi connectivity index (χ4v) is 9.69. The van der Waals surface area contributed by atoms with E-state index in [1.807, 2.05) is 0 Å². The summed E-state index contributed by atoms with van der Waals surface area (Å²) in [5.41, 5.74) is 12.6. The van der Waals surface area contributed by atoms with Gasteiger partial charge in [0, 0.05) is 17.9 Å². The highest BCUT2D eigenvalue weighted by molar-refractivity contribution is 8.76. The van der Waals surface area contributed by atoms with Crippen LogP contribution in [-0.2, 0) is 65.4 Å². The number of ether oxygens (including phenoxy) is 4. The number of nitrogens with one attached hydrogen (secondary N) is 6. The molecule has 3 aliphatic heterocycles. The van der Waals surface area contributed by atoms with Gasteiger partial charge in [0.25, 0.3) is 0 Å². The maximum Gasteiger partial charge on any atom is 0.245 e. The first-order valence-electron chi connectivity index (χ1n) is 22.4. The van der Waals surface area contributed by atoms with Crippen molar-refractivity contribution in [1.29, 1.82) is 0 Å².